The molecule has 3 rings (SSSR count). The summed E-state index contributed by atoms with van der Waals surface area (Å²) < 4.78 is 5.29. The van der Waals surface area contributed by atoms with Gasteiger partial charge in [0, 0.05) is 17.3 Å². The van der Waals surface area contributed by atoms with Crippen molar-refractivity contribution < 1.29 is 4.42 Å². The van der Waals surface area contributed by atoms with Gasteiger partial charge in [0.05, 0.1) is 6.20 Å². The molecule has 1 fully saturated rings. The topological polar surface area (TPSA) is 38.1 Å². The van der Waals surface area contributed by atoms with Crippen LogP contribution >= 0.6 is 0 Å². The Kier molecular flexibility index (Phi) is 3.53. The normalized spacial score (nSPS) is 23.2. The fourth-order valence-corrected chi connectivity index (χ4v) is 2.89. The van der Waals surface area contributed by atoms with Gasteiger partial charge in [0.1, 0.15) is 0 Å². The van der Waals surface area contributed by atoms with Gasteiger partial charge in [0.25, 0.3) is 0 Å². The van der Waals surface area contributed by atoms with Crippen molar-refractivity contribution in [3.63, 3.8) is 0 Å². The van der Waals surface area contributed by atoms with Gasteiger partial charge in [-0.2, -0.15) is 0 Å². The van der Waals surface area contributed by atoms with Crippen LogP contribution < -0.4 is 5.32 Å². The quantitative estimate of drug-likeness (QED) is 0.888. The maximum Gasteiger partial charge on any atom is 0.181 e. The van der Waals surface area contributed by atoms with Crippen molar-refractivity contribution in [2.24, 2.45) is 5.92 Å². The van der Waals surface area contributed by atoms with E-state index in [0.717, 1.165) is 17.2 Å². The Bertz CT molecular complexity index is 504. The maximum absolute atomic E-state index is 5.29. The SMILES string of the molecule is CC1CCCC(Nc2ccc(-c3cnco3)cc2)C1. The van der Waals surface area contributed by atoms with Gasteiger partial charge in [-0.25, -0.2) is 4.98 Å². The Labute approximate surface area is 114 Å². The lowest BCUT2D eigenvalue weighted by Crippen LogP contribution is -2.26. The fourth-order valence-electron chi connectivity index (χ4n) is 2.89. The van der Waals surface area contributed by atoms with Gasteiger partial charge in [-0.05, 0) is 43.0 Å². The number of benzene rings is 1. The number of hydrogen-bond donors (Lipinski definition) is 1. The van der Waals surface area contributed by atoms with Crippen molar-refractivity contribution in [2.75, 3.05) is 5.32 Å². The van der Waals surface area contributed by atoms with E-state index in [0.29, 0.717) is 6.04 Å². The summed E-state index contributed by atoms with van der Waals surface area (Å²) in [7, 11) is 0. The lowest BCUT2D eigenvalue weighted by atomic mass is 9.87. The number of oxazole rings is 1. The molecule has 0 bridgehead atoms. The zero-order chi connectivity index (χ0) is 13.1. The number of hydrogen-bond acceptors (Lipinski definition) is 3. The van der Waals surface area contributed by atoms with Crippen molar-refractivity contribution in [3.05, 3.63) is 36.9 Å². The van der Waals surface area contributed by atoms with Crippen molar-refractivity contribution in [3.8, 4) is 11.3 Å². The number of aromatic nitrogens is 1. The fraction of sp³-hybridized carbons (Fsp3) is 0.438. The molecule has 100 valence electrons. The lowest BCUT2D eigenvalue weighted by molar-refractivity contribution is 0.358. The highest BCUT2D eigenvalue weighted by atomic mass is 16.3. The van der Waals surface area contributed by atoms with Gasteiger partial charge < -0.3 is 9.73 Å². The molecule has 0 saturated heterocycles. The molecule has 1 aliphatic rings. The van der Waals surface area contributed by atoms with Crippen LogP contribution in [0.4, 0.5) is 5.69 Å². The Morgan fingerprint density at radius 1 is 1.21 bits per heavy atom. The summed E-state index contributed by atoms with van der Waals surface area (Å²) in [6.07, 6.45) is 8.49. The molecule has 0 amide bonds. The highest BCUT2D eigenvalue weighted by Crippen LogP contribution is 2.27. The molecule has 1 heterocycles. The third-order valence-corrected chi connectivity index (χ3v) is 3.91. The predicted molar refractivity (Wildman–Crippen MR) is 77.0 cm³/mol. The van der Waals surface area contributed by atoms with Crippen molar-refractivity contribution in [2.45, 2.75) is 38.6 Å². The van der Waals surface area contributed by atoms with Crippen LogP contribution in [0.5, 0.6) is 0 Å². The Balaban J connectivity index is 1.66. The zero-order valence-electron chi connectivity index (χ0n) is 11.3. The minimum absolute atomic E-state index is 0.625. The van der Waals surface area contributed by atoms with E-state index in [1.165, 1.54) is 37.8 Å². The van der Waals surface area contributed by atoms with E-state index >= 15 is 0 Å². The highest BCUT2D eigenvalue weighted by Gasteiger charge is 2.18. The molecule has 0 radical (unpaired) electrons. The van der Waals surface area contributed by atoms with Gasteiger partial charge in [-0.3, -0.25) is 0 Å². The van der Waals surface area contributed by atoms with E-state index in [-0.39, 0.29) is 0 Å². The van der Waals surface area contributed by atoms with Crippen LogP contribution in [0.2, 0.25) is 0 Å². The van der Waals surface area contributed by atoms with Gasteiger partial charge >= 0.3 is 0 Å². The zero-order valence-corrected chi connectivity index (χ0v) is 11.3. The van der Waals surface area contributed by atoms with Crippen molar-refractivity contribution in [1.29, 1.82) is 0 Å². The first-order valence-electron chi connectivity index (χ1n) is 7.07. The Hall–Kier alpha value is -1.77. The molecule has 1 aliphatic carbocycles. The smallest absolute Gasteiger partial charge is 0.181 e. The predicted octanol–water partition coefficient (Wildman–Crippen LogP) is 4.33. The summed E-state index contributed by atoms with van der Waals surface area (Å²) in [6, 6.07) is 9.03. The largest absolute Gasteiger partial charge is 0.444 e. The Morgan fingerprint density at radius 2 is 2.05 bits per heavy atom. The lowest BCUT2D eigenvalue weighted by Gasteiger charge is -2.28. The summed E-state index contributed by atoms with van der Waals surface area (Å²) in [4.78, 5) is 3.94. The molecule has 3 heteroatoms. The molecule has 1 aromatic carbocycles. The second-order valence-corrected chi connectivity index (χ2v) is 5.56. The van der Waals surface area contributed by atoms with E-state index in [4.69, 9.17) is 4.42 Å². The molecule has 1 N–H and O–H groups in total. The molecule has 1 aromatic heterocycles. The molecule has 0 spiro atoms. The standard InChI is InChI=1S/C16H20N2O/c1-12-3-2-4-15(9-12)18-14-7-5-13(6-8-14)16-10-17-11-19-16/h5-8,10-12,15,18H,2-4,9H2,1H3. The first kappa shape index (κ1) is 12.3. The molecule has 1 saturated carbocycles. The average Bonchev–Trinajstić information content (AvgIpc) is 2.94. The second-order valence-electron chi connectivity index (χ2n) is 5.56. The summed E-state index contributed by atoms with van der Waals surface area (Å²) in [5, 5.41) is 3.64. The van der Waals surface area contributed by atoms with E-state index in [1.807, 2.05) is 0 Å². The van der Waals surface area contributed by atoms with Crippen LogP contribution in [0, 0.1) is 5.92 Å². The van der Waals surface area contributed by atoms with Crippen LogP contribution in [0.1, 0.15) is 32.6 Å². The molecule has 3 nitrogen and oxygen atoms in total. The molecule has 2 unspecified atom stereocenters. The molecule has 2 aromatic rings. The minimum Gasteiger partial charge on any atom is -0.444 e. The minimum atomic E-state index is 0.625. The van der Waals surface area contributed by atoms with Gasteiger partial charge in [-0.15, -0.1) is 0 Å². The number of rotatable bonds is 3. The monoisotopic (exact) mass is 256 g/mol. The molecular formula is C16H20N2O. The van der Waals surface area contributed by atoms with E-state index in [1.54, 1.807) is 6.20 Å². The summed E-state index contributed by atoms with van der Waals surface area (Å²) in [5.74, 6) is 1.66. The summed E-state index contributed by atoms with van der Waals surface area (Å²) in [6.45, 7) is 2.35. The summed E-state index contributed by atoms with van der Waals surface area (Å²) >= 11 is 0. The van der Waals surface area contributed by atoms with Crippen LogP contribution in [0.25, 0.3) is 11.3 Å². The second kappa shape index (κ2) is 5.47. The van der Waals surface area contributed by atoms with Gasteiger partial charge in [0.2, 0.25) is 0 Å². The molecule has 19 heavy (non-hydrogen) atoms. The maximum atomic E-state index is 5.29. The third-order valence-electron chi connectivity index (χ3n) is 3.91. The first-order valence-corrected chi connectivity index (χ1v) is 7.07. The van der Waals surface area contributed by atoms with E-state index in [2.05, 4.69) is 41.5 Å². The average molecular weight is 256 g/mol. The number of nitrogens with zero attached hydrogens (tertiary/aromatic N) is 1. The first-order chi connectivity index (χ1) is 9.31. The van der Waals surface area contributed by atoms with Crippen LogP contribution in [0.3, 0.4) is 0 Å². The van der Waals surface area contributed by atoms with Crippen LogP contribution in [-0.2, 0) is 0 Å². The highest BCUT2D eigenvalue weighted by molar-refractivity contribution is 5.60. The third kappa shape index (κ3) is 2.98. The number of nitrogens with one attached hydrogen (secondary N) is 1. The van der Waals surface area contributed by atoms with Gasteiger partial charge in [-0.1, -0.05) is 19.8 Å². The van der Waals surface area contributed by atoms with Crippen molar-refractivity contribution >= 4 is 5.69 Å². The molecular weight excluding hydrogens is 236 g/mol. The van der Waals surface area contributed by atoms with Gasteiger partial charge in [0.15, 0.2) is 12.2 Å². The Morgan fingerprint density at radius 3 is 2.74 bits per heavy atom. The molecule has 0 aliphatic heterocycles. The van der Waals surface area contributed by atoms with Crippen LogP contribution in [-0.4, -0.2) is 11.0 Å². The van der Waals surface area contributed by atoms with E-state index < -0.39 is 0 Å². The number of anilines is 1. The van der Waals surface area contributed by atoms with Crippen LogP contribution in [0.15, 0.2) is 41.3 Å². The molecule has 2 atom stereocenters. The van der Waals surface area contributed by atoms with Crippen molar-refractivity contribution in [1.82, 2.24) is 4.98 Å². The van der Waals surface area contributed by atoms with E-state index in [9.17, 15) is 0 Å². The summed E-state index contributed by atoms with van der Waals surface area (Å²) in [5.41, 5.74) is 2.27.